The molecule has 1 unspecified atom stereocenters. The predicted octanol–water partition coefficient (Wildman–Crippen LogP) is 2.10. The first kappa shape index (κ1) is 17.3. The zero-order valence-corrected chi connectivity index (χ0v) is 12.3. The molecule has 1 atom stereocenters. The molecule has 0 saturated heterocycles. The lowest BCUT2D eigenvalue weighted by molar-refractivity contribution is -0.150. The highest BCUT2D eigenvalue weighted by molar-refractivity contribution is 6.18. The Kier molecular flexibility index (Phi) is 8.93. The molecule has 0 bridgehead atoms. The van der Waals surface area contributed by atoms with Crippen LogP contribution in [0.25, 0.3) is 0 Å². The van der Waals surface area contributed by atoms with E-state index in [4.69, 9.17) is 32.7 Å². The van der Waals surface area contributed by atoms with Crippen molar-refractivity contribution in [2.75, 3.05) is 32.0 Å². The summed E-state index contributed by atoms with van der Waals surface area (Å²) in [7, 11) is 1.49. The number of amides is 1. The summed E-state index contributed by atoms with van der Waals surface area (Å²) >= 11 is 10.9. The van der Waals surface area contributed by atoms with Crippen LogP contribution in [0.4, 0.5) is 4.79 Å². The average molecular weight is 300 g/mol. The molecule has 0 aliphatic heterocycles. The van der Waals surface area contributed by atoms with Gasteiger partial charge in [-0.2, -0.15) is 0 Å². The average Bonchev–Trinajstić information content (AvgIpc) is 2.32. The van der Waals surface area contributed by atoms with E-state index in [-0.39, 0.29) is 30.9 Å². The molecule has 0 aromatic heterocycles. The highest BCUT2D eigenvalue weighted by Crippen LogP contribution is 2.12. The Bertz CT molecular complexity index is 274. The van der Waals surface area contributed by atoms with Crippen LogP contribution in [0.15, 0.2) is 0 Å². The van der Waals surface area contributed by atoms with Crippen molar-refractivity contribution >= 4 is 35.3 Å². The molecule has 106 valence electrons. The highest BCUT2D eigenvalue weighted by atomic mass is 35.5. The van der Waals surface area contributed by atoms with Gasteiger partial charge in [-0.15, -0.1) is 23.2 Å². The largest absolute Gasteiger partial charge is 0.463 e. The third kappa shape index (κ3) is 5.78. The van der Waals surface area contributed by atoms with Crippen molar-refractivity contribution in [3.63, 3.8) is 0 Å². The van der Waals surface area contributed by atoms with Crippen LogP contribution >= 0.6 is 23.2 Å². The second-order valence-electron chi connectivity index (χ2n) is 3.96. The first-order valence-corrected chi connectivity index (χ1v) is 6.70. The molecular formula is C11H19Cl2NO4. The van der Waals surface area contributed by atoms with Gasteiger partial charge in [-0.3, -0.25) is 4.90 Å². The Morgan fingerprint density at radius 1 is 1.11 bits per heavy atom. The Morgan fingerprint density at radius 2 is 1.61 bits per heavy atom. The van der Waals surface area contributed by atoms with Crippen LogP contribution in [0.2, 0.25) is 0 Å². The van der Waals surface area contributed by atoms with Gasteiger partial charge in [-0.25, -0.2) is 9.59 Å². The molecule has 5 nitrogen and oxygen atoms in total. The Labute approximate surface area is 117 Å². The first-order chi connectivity index (χ1) is 8.45. The minimum absolute atomic E-state index is 0.0959. The first-order valence-electron chi connectivity index (χ1n) is 5.63. The number of carbonyl (C=O) groups is 2. The summed E-state index contributed by atoms with van der Waals surface area (Å²) in [6.07, 6.45) is -0.600. The van der Waals surface area contributed by atoms with Gasteiger partial charge in [0, 0.05) is 7.05 Å². The quantitative estimate of drug-likeness (QED) is 0.534. The molecule has 0 aromatic rings. The predicted molar refractivity (Wildman–Crippen MR) is 70.1 cm³/mol. The number of likely N-dealkylation sites (N-methyl/N-ethyl adjacent to an activating group) is 1. The number of hydrogen-bond donors (Lipinski definition) is 0. The van der Waals surface area contributed by atoms with Crippen LogP contribution in [0, 0.1) is 5.92 Å². The summed E-state index contributed by atoms with van der Waals surface area (Å²) < 4.78 is 9.80. The molecule has 0 fully saturated rings. The molecule has 0 N–H and O–H groups in total. The lowest BCUT2D eigenvalue weighted by Crippen LogP contribution is -2.47. The van der Waals surface area contributed by atoms with Gasteiger partial charge in [0.15, 0.2) is 0 Å². The van der Waals surface area contributed by atoms with E-state index in [0.717, 1.165) is 0 Å². The second-order valence-corrected chi connectivity index (χ2v) is 4.72. The fraction of sp³-hybridized carbons (Fsp3) is 0.818. The standard InChI is InChI=1S/C11H19Cl2NO4/c1-8(2)9(10(15)17-6-4-12)14(3)11(16)18-7-5-13/h8-9H,4-7H2,1-3H3. The minimum Gasteiger partial charge on any atom is -0.463 e. The Hall–Kier alpha value is -0.680. The number of ether oxygens (including phenoxy) is 2. The van der Waals surface area contributed by atoms with E-state index in [1.54, 1.807) is 0 Å². The minimum atomic E-state index is -0.698. The topological polar surface area (TPSA) is 55.8 Å². The van der Waals surface area contributed by atoms with Crippen molar-refractivity contribution in [3.05, 3.63) is 0 Å². The van der Waals surface area contributed by atoms with Gasteiger partial charge in [-0.1, -0.05) is 13.8 Å². The molecule has 0 rings (SSSR count). The van der Waals surface area contributed by atoms with E-state index in [2.05, 4.69) is 0 Å². The van der Waals surface area contributed by atoms with Crippen molar-refractivity contribution in [1.29, 1.82) is 0 Å². The Morgan fingerprint density at radius 3 is 2.06 bits per heavy atom. The molecule has 18 heavy (non-hydrogen) atoms. The summed E-state index contributed by atoms with van der Waals surface area (Å²) in [6.45, 7) is 3.86. The third-order valence-electron chi connectivity index (χ3n) is 2.20. The van der Waals surface area contributed by atoms with E-state index in [1.165, 1.54) is 11.9 Å². The number of halogens is 2. The van der Waals surface area contributed by atoms with Gasteiger partial charge < -0.3 is 9.47 Å². The summed E-state index contributed by atoms with van der Waals surface area (Å²) in [5.74, 6) is -0.156. The van der Waals surface area contributed by atoms with Crippen molar-refractivity contribution < 1.29 is 19.1 Å². The third-order valence-corrected chi connectivity index (χ3v) is 2.51. The molecule has 0 aliphatic carbocycles. The van der Waals surface area contributed by atoms with E-state index in [9.17, 15) is 9.59 Å². The van der Waals surface area contributed by atoms with Gasteiger partial charge >= 0.3 is 12.1 Å². The lowest BCUT2D eigenvalue weighted by Gasteiger charge is -2.28. The zero-order valence-electron chi connectivity index (χ0n) is 10.8. The number of alkyl halides is 2. The van der Waals surface area contributed by atoms with Crippen LogP contribution in [-0.4, -0.2) is 55.0 Å². The molecule has 7 heteroatoms. The number of rotatable bonds is 7. The van der Waals surface area contributed by atoms with E-state index in [0.29, 0.717) is 0 Å². The molecule has 0 aromatic carbocycles. The number of carbonyl (C=O) groups excluding carboxylic acids is 2. The SMILES string of the molecule is CC(C)C(C(=O)OCCCl)N(C)C(=O)OCCCl. The molecule has 0 aliphatic rings. The number of nitrogens with zero attached hydrogens (tertiary/aromatic N) is 1. The number of hydrogen-bond acceptors (Lipinski definition) is 4. The summed E-state index contributed by atoms with van der Waals surface area (Å²) in [5.41, 5.74) is 0. The smallest absolute Gasteiger partial charge is 0.410 e. The summed E-state index contributed by atoms with van der Waals surface area (Å²) in [5, 5.41) is 0. The molecule has 0 heterocycles. The van der Waals surface area contributed by atoms with Gasteiger partial charge in [0.05, 0.1) is 11.8 Å². The van der Waals surface area contributed by atoms with Crippen LogP contribution < -0.4 is 0 Å². The lowest BCUT2D eigenvalue weighted by atomic mass is 10.0. The second kappa shape index (κ2) is 9.28. The number of esters is 1. The maximum Gasteiger partial charge on any atom is 0.410 e. The van der Waals surface area contributed by atoms with Gasteiger partial charge in [-0.05, 0) is 5.92 Å². The van der Waals surface area contributed by atoms with Gasteiger partial charge in [0.1, 0.15) is 19.3 Å². The van der Waals surface area contributed by atoms with Crippen molar-refractivity contribution in [3.8, 4) is 0 Å². The van der Waals surface area contributed by atoms with Crippen LogP contribution in [-0.2, 0) is 14.3 Å². The molecule has 1 amide bonds. The van der Waals surface area contributed by atoms with Gasteiger partial charge in [0.25, 0.3) is 0 Å². The molecule has 0 radical (unpaired) electrons. The molecule has 0 spiro atoms. The van der Waals surface area contributed by atoms with E-state index >= 15 is 0 Å². The van der Waals surface area contributed by atoms with Crippen LogP contribution in [0.3, 0.4) is 0 Å². The van der Waals surface area contributed by atoms with Crippen molar-refractivity contribution in [1.82, 2.24) is 4.90 Å². The van der Waals surface area contributed by atoms with E-state index < -0.39 is 18.1 Å². The maximum absolute atomic E-state index is 11.8. The molecular weight excluding hydrogens is 281 g/mol. The van der Waals surface area contributed by atoms with Gasteiger partial charge in [0.2, 0.25) is 0 Å². The summed E-state index contributed by atoms with van der Waals surface area (Å²) in [6, 6.07) is -0.698. The normalized spacial score (nSPS) is 12.1. The van der Waals surface area contributed by atoms with Crippen molar-refractivity contribution in [2.45, 2.75) is 19.9 Å². The van der Waals surface area contributed by atoms with E-state index in [1.807, 2.05) is 13.8 Å². The monoisotopic (exact) mass is 299 g/mol. The van der Waals surface area contributed by atoms with Crippen molar-refractivity contribution in [2.24, 2.45) is 5.92 Å². The zero-order chi connectivity index (χ0) is 14.1. The maximum atomic E-state index is 11.8. The molecule has 0 saturated carbocycles. The fourth-order valence-electron chi connectivity index (χ4n) is 1.44. The Balaban J connectivity index is 4.57. The fourth-order valence-corrected chi connectivity index (χ4v) is 1.60. The van der Waals surface area contributed by atoms with Crippen LogP contribution in [0.1, 0.15) is 13.8 Å². The summed E-state index contributed by atoms with van der Waals surface area (Å²) in [4.78, 5) is 24.7. The highest BCUT2D eigenvalue weighted by Gasteiger charge is 2.31. The van der Waals surface area contributed by atoms with Crippen LogP contribution in [0.5, 0.6) is 0 Å².